The zero-order chi connectivity index (χ0) is 13.7. The Kier molecular flexibility index (Phi) is 5.76. The fraction of sp³-hybridized carbons (Fsp3) is 0.467. The van der Waals surface area contributed by atoms with Crippen LogP contribution in [0.4, 0.5) is 0 Å². The molecule has 0 fully saturated rings. The van der Waals surface area contributed by atoms with Gasteiger partial charge in [-0.15, -0.1) is 0 Å². The Bertz CT molecular complexity index is 428. The van der Waals surface area contributed by atoms with E-state index in [0.717, 1.165) is 10.5 Å². The second-order valence-electron chi connectivity index (χ2n) is 4.91. The molecule has 1 aromatic carbocycles. The molecule has 3 atom stereocenters. The summed E-state index contributed by atoms with van der Waals surface area (Å²) in [6.45, 7) is 7.72. The maximum Gasteiger partial charge on any atom is 0.0685 e. The molecule has 0 aliphatic carbocycles. The number of aliphatic hydroxyl groups is 1. The summed E-state index contributed by atoms with van der Waals surface area (Å²) in [6.07, 6.45) is 2.09. The van der Waals surface area contributed by atoms with E-state index in [1.807, 2.05) is 51.1 Å². The van der Waals surface area contributed by atoms with Gasteiger partial charge in [-0.2, -0.15) is 0 Å². The molecule has 1 aromatic rings. The number of aryl methyl sites for hydroxylation is 1. The van der Waals surface area contributed by atoms with Crippen molar-refractivity contribution in [3.8, 4) is 0 Å². The predicted octanol–water partition coefficient (Wildman–Crippen LogP) is 3.21. The van der Waals surface area contributed by atoms with E-state index in [9.17, 15) is 9.32 Å². The number of allylic oxidation sites excluding steroid dienone is 2. The number of rotatable bonds is 5. The first kappa shape index (κ1) is 15.1. The minimum absolute atomic E-state index is 0.248. The molecule has 1 rings (SSSR count). The van der Waals surface area contributed by atoms with Crippen LogP contribution in [0.25, 0.3) is 0 Å². The summed E-state index contributed by atoms with van der Waals surface area (Å²) in [6, 6.07) is 7.66. The quantitative estimate of drug-likeness (QED) is 0.831. The van der Waals surface area contributed by atoms with Crippen LogP contribution in [-0.4, -0.2) is 20.7 Å². The van der Waals surface area contributed by atoms with Crippen molar-refractivity contribution in [2.75, 3.05) is 0 Å². The molecule has 0 bridgehead atoms. The average Bonchev–Trinajstić information content (AvgIpc) is 2.29. The monoisotopic (exact) mass is 266 g/mol. The molecule has 0 aliphatic heterocycles. The molecule has 0 saturated carbocycles. The third kappa shape index (κ3) is 4.39. The summed E-state index contributed by atoms with van der Waals surface area (Å²) >= 11 is 0. The standard InChI is InChI=1S/C15H22O2S/c1-11(2)5-10-15(13(4)16)18(17)14-8-6-12(3)7-9-14/h5-9,13,15-16H,10H2,1-4H3/t13-,15-,18+/m1/s1. The van der Waals surface area contributed by atoms with Gasteiger partial charge >= 0.3 is 0 Å². The van der Waals surface area contributed by atoms with Crippen molar-refractivity contribution >= 4 is 10.8 Å². The highest BCUT2D eigenvalue weighted by Gasteiger charge is 2.22. The smallest absolute Gasteiger partial charge is 0.0685 e. The summed E-state index contributed by atoms with van der Waals surface area (Å²) in [5, 5.41) is 9.54. The number of hydrogen-bond donors (Lipinski definition) is 1. The van der Waals surface area contributed by atoms with Gasteiger partial charge < -0.3 is 5.11 Å². The highest BCUT2D eigenvalue weighted by atomic mass is 32.2. The fourth-order valence-corrected chi connectivity index (χ4v) is 3.04. The Balaban J connectivity index is 2.89. The van der Waals surface area contributed by atoms with Crippen molar-refractivity contribution in [2.24, 2.45) is 0 Å². The van der Waals surface area contributed by atoms with E-state index in [4.69, 9.17) is 0 Å². The molecule has 100 valence electrons. The molecule has 0 spiro atoms. The molecule has 18 heavy (non-hydrogen) atoms. The molecule has 3 heteroatoms. The van der Waals surface area contributed by atoms with E-state index >= 15 is 0 Å². The lowest BCUT2D eigenvalue weighted by Gasteiger charge is -2.18. The lowest BCUT2D eigenvalue weighted by atomic mass is 10.1. The van der Waals surface area contributed by atoms with Gasteiger partial charge in [-0.05, 0) is 46.2 Å². The average molecular weight is 266 g/mol. The van der Waals surface area contributed by atoms with Crippen LogP contribution in [0.15, 0.2) is 40.8 Å². The fourth-order valence-electron chi connectivity index (χ4n) is 1.66. The van der Waals surface area contributed by atoms with Crippen LogP contribution in [0.3, 0.4) is 0 Å². The first-order valence-corrected chi connectivity index (χ1v) is 7.41. The Morgan fingerprint density at radius 3 is 2.33 bits per heavy atom. The van der Waals surface area contributed by atoms with Crippen LogP contribution in [0.1, 0.15) is 32.8 Å². The SMILES string of the molecule is CC(C)=CC[C@H]([C@@H](C)O)[S@@](=O)c1ccc(C)cc1. The summed E-state index contributed by atoms with van der Waals surface area (Å²) in [5.41, 5.74) is 2.33. The van der Waals surface area contributed by atoms with Gasteiger partial charge in [0.15, 0.2) is 0 Å². The zero-order valence-electron chi connectivity index (χ0n) is 11.5. The molecular weight excluding hydrogens is 244 g/mol. The topological polar surface area (TPSA) is 37.3 Å². The van der Waals surface area contributed by atoms with Crippen LogP contribution in [-0.2, 0) is 10.8 Å². The van der Waals surface area contributed by atoms with Crippen LogP contribution in [0.5, 0.6) is 0 Å². The normalized spacial score (nSPS) is 15.8. The van der Waals surface area contributed by atoms with Crippen LogP contribution in [0, 0.1) is 6.92 Å². The molecular formula is C15H22O2S. The van der Waals surface area contributed by atoms with Crippen molar-refractivity contribution in [1.82, 2.24) is 0 Å². The van der Waals surface area contributed by atoms with Crippen molar-refractivity contribution < 1.29 is 9.32 Å². The summed E-state index contributed by atoms with van der Waals surface area (Å²) in [4.78, 5) is 0.786. The molecule has 1 N–H and O–H groups in total. The van der Waals surface area contributed by atoms with Gasteiger partial charge in [0.1, 0.15) is 0 Å². The van der Waals surface area contributed by atoms with Crippen molar-refractivity contribution in [1.29, 1.82) is 0 Å². The molecule has 0 amide bonds. The van der Waals surface area contributed by atoms with Gasteiger partial charge in [0.2, 0.25) is 0 Å². The van der Waals surface area contributed by atoms with Gasteiger partial charge in [-0.3, -0.25) is 4.21 Å². The van der Waals surface area contributed by atoms with Crippen LogP contribution >= 0.6 is 0 Å². The van der Waals surface area contributed by atoms with Crippen molar-refractivity contribution in [3.63, 3.8) is 0 Å². The highest BCUT2D eigenvalue weighted by molar-refractivity contribution is 7.85. The number of benzene rings is 1. The van der Waals surface area contributed by atoms with Crippen molar-refractivity contribution in [3.05, 3.63) is 41.5 Å². The predicted molar refractivity (Wildman–Crippen MR) is 77.1 cm³/mol. The first-order valence-electron chi connectivity index (χ1n) is 6.20. The third-order valence-electron chi connectivity index (χ3n) is 2.82. The summed E-state index contributed by atoms with van der Waals surface area (Å²) < 4.78 is 12.4. The lowest BCUT2D eigenvalue weighted by Crippen LogP contribution is -2.27. The second kappa shape index (κ2) is 6.86. The third-order valence-corrected chi connectivity index (χ3v) is 4.70. The van der Waals surface area contributed by atoms with E-state index in [-0.39, 0.29) is 5.25 Å². The second-order valence-corrected chi connectivity index (χ2v) is 6.58. The molecule has 0 unspecified atom stereocenters. The summed E-state index contributed by atoms with van der Waals surface area (Å²) in [5.74, 6) is 0. The van der Waals surface area contributed by atoms with Gasteiger partial charge in [-0.25, -0.2) is 0 Å². The molecule has 0 heterocycles. The maximum atomic E-state index is 12.4. The largest absolute Gasteiger partial charge is 0.392 e. The van der Waals surface area contributed by atoms with Crippen molar-refractivity contribution in [2.45, 2.75) is 50.4 Å². The summed E-state index contributed by atoms with van der Waals surface area (Å²) in [7, 11) is -1.17. The highest BCUT2D eigenvalue weighted by Crippen LogP contribution is 2.18. The van der Waals surface area contributed by atoms with Gasteiger partial charge in [0.25, 0.3) is 0 Å². The van der Waals surface area contributed by atoms with E-state index in [1.165, 1.54) is 5.57 Å². The Morgan fingerprint density at radius 2 is 1.89 bits per heavy atom. The minimum atomic E-state index is -1.17. The van der Waals surface area contributed by atoms with Gasteiger partial charge in [0.05, 0.1) is 22.2 Å². The first-order chi connectivity index (χ1) is 8.41. The molecule has 0 radical (unpaired) electrons. The van der Waals surface area contributed by atoms with E-state index < -0.39 is 16.9 Å². The van der Waals surface area contributed by atoms with Crippen LogP contribution < -0.4 is 0 Å². The maximum absolute atomic E-state index is 12.4. The van der Waals surface area contributed by atoms with E-state index in [2.05, 4.69) is 0 Å². The minimum Gasteiger partial charge on any atom is -0.392 e. The molecule has 0 aliphatic rings. The Labute approximate surface area is 112 Å². The molecule has 0 saturated heterocycles. The van der Waals surface area contributed by atoms with E-state index in [0.29, 0.717) is 6.42 Å². The molecule has 2 nitrogen and oxygen atoms in total. The lowest BCUT2D eigenvalue weighted by molar-refractivity contribution is 0.190. The van der Waals surface area contributed by atoms with Gasteiger partial charge in [-0.1, -0.05) is 29.3 Å². The Morgan fingerprint density at radius 1 is 1.33 bits per heavy atom. The number of aliphatic hydroxyl groups excluding tert-OH is 1. The number of hydrogen-bond acceptors (Lipinski definition) is 2. The van der Waals surface area contributed by atoms with E-state index in [1.54, 1.807) is 6.92 Å². The van der Waals surface area contributed by atoms with Gasteiger partial charge in [0, 0.05) is 4.90 Å². The molecule has 0 aromatic heterocycles. The Hall–Kier alpha value is -0.930. The zero-order valence-corrected chi connectivity index (χ0v) is 12.3. The van der Waals surface area contributed by atoms with Crippen LogP contribution in [0.2, 0.25) is 0 Å².